The van der Waals surface area contributed by atoms with E-state index in [1.165, 1.54) is 12.1 Å². The molecule has 1 aliphatic carbocycles. The standard InChI is InChI=1S/C44H65F3N3O7/c1-10-26(4)40(49(8)42(54)33(25(2)3)23-36(52)39-31-18-19-32(22-31)48-39)37(56-9)24-38(53)50-20-14-17-34(50)28(6)29(7)35(51)21-27(5)41(30-15-12-11-13-16-30)57-43(55)44(45,46)47/h11-13,15-16,25-29,31-34,37,39-41,48H,5,10,14,17-24H2,1-4,6-9H3/q+1/t26-,27-,28+,29+,31-,32+,33-,34-,37+,39-,40-,41+/m0/s1. The fraction of sp³-hybridized carbons (Fsp3) is 0.727. The Morgan fingerprint density at radius 2 is 1.65 bits per heavy atom. The second-order valence-corrected chi connectivity index (χ2v) is 17.3. The van der Waals surface area contributed by atoms with E-state index < -0.39 is 48.1 Å². The molecule has 318 valence electrons. The maximum atomic E-state index is 14.3. The molecule has 0 unspecified atom stereocenters. The van der Waals surface area contributed by atoms with E-state index in [1.54, 1.807) is 49.1 Å². The second kappa shape index (κ2) is 20.0. The van der Waals surface area contributed by atoms with Crippen LogP contribution < -0.4 is 5.32 Å². The predicted molar refractivity (Wildman–Crippen MR) is 210 cm³/mol. The number of benzene rings is 1. The van der Waals surface area contributed by atoms with Crippen LogP contribution in [0.3, 0.4) is 0 Å². The summed E-state index contributed by atoms with van der Waals surface area (Å²) in [6, 6.07) is 7.42. The zero-order valence-electron chi connectivity index (χ0n) is 35.1. The third-order valence-corrected chi connectivity index (χ3v) is 13.3. The Balaban J connectivity index is 1.43. The van der Waals surface area contributed by atoms with Crippen LogP contribution in [-0.4, -0.2) is 96.3 Å². The number of methoxy groups -OCH3 is 1. The minimum absolute atomic E-state index is 0.0132. The van der Waals surface area contributed by atoms with E-state index in [1.807, 2.05) is 34.6 Å². The lowest BCUT2D eigenvalue weighted by molar-refractivity contribution is -0.207. The van der Waals surface area contributed by atoms with Crippen LogP contribution >= 0.6 is 0 Å². The van der Waals surface area contributed by atoms with Crippen molar-refractivity contribution < 1.29 is 46.6 Å². The topological polar surface area (TPSA) is 122 Å². The van der Waals surface area contributed by atoms with Gasteiger partial charge in [0.25, 0.3) is 0 Å². The number of fused-ring (bicyclic) bond motifs is 2. The van der Waals surface area contributed by atoms with Crippen LogP contribution in [0.5, 0.6) is 0 Å². The van der Waals surface area contributed by atoms with E-state index in [-0.39, 0.29) is 72.5 Å². The minimum atomic E-state index is -5.21. The number of amides is 2. The van der Waals surface area contributed by atoms with Gasteiger partial charge in [0, 0.05) is 51.0 Å². The number of nitrogens with one attached hydrogen (secondary N) is 1. The highest BCUT2D eigenvalue weighted by Gasteiger charge is 2.47. The van der Waals surface area contributed by atoms with E-state index in [4.69, 9.17) is 9.47 Å². The van der Waals surface area contributed by atoms with Crippen LogP contribution in [0, 0.1) is 48.3 Å². The van der Waals surface area contributed by atoms with Crippen LogP contribution in [0.15, 0.2) is 30.3 Å². The van der Waals surface area contributed by atoms with Gasteiger partial charge < -0.3 is 24.6 Å². The molecule has 4 rings (SSSR count). The van der Waals surface area contributed by atoms with Gasteiger partial charge in [-0.15, -0.1) is 0 Å². The summed E-state index contributed by atoms with van der Waals surface area (Å²) in [6.07, 6.45) is -2.01. The summed E-state index contributed by atoms with van der Waals surface area (Å²) in [5.74, 6) is -4.94. The van der Waals surface area contributed by atoms with Crippen molar-refractivity contribution in [3.8, 4) is 0 Å². The molecule has 1 aromatic carbocycles. The third kappa shape index (κ3) is 11.2. The number of alkyl halides is 3. The summed E-state index contributed by atoms with van der Waals surface area (Å²) < 4.78 is 50.4. The summed E-state index contributed by atoms with van der Waals surface area (Å²) in [4.78, 5) is 71.0. The summed E-state index contributed by atoms with van der Waals surface area (Å²) in [6.45, 7) is 16.1. The average Bonchev–Trinajstić information content (AvgIpc) is 3.96. The fourth-order valence-electron chi connectivity index (χ4n) is 9.54. The molecule has 2 bridgehead atoms. The first-order valence-corrected chi connectivity index (χ1v) is 20.9. The molecule has 2 saturated heterocycles. The number of hydrogen-bond donors (Lipinski definition) is 1. The molecule has 12 atom stereocenters. The quantitative estimate of drug-likeness (QED) is 0.109. The Morgan fingerprint density at radius 3 is 2.19 bits per heavy atom. The van der Waals surface area contributed by atoms with Gasteiger partial charge in [0.15, 0.2) is 11.9 Å². The number of ketones is 2. The number of carbonyl (C=O) groups excluding carboxylic acids is 5. The monoisotopic (exact) mass is 804 g/mol. The SMILES string of the molecule is [CH2+][C@@H](CC(=O)[C@H](C)[C@@H](C)[C@@H]1CCCN1C(=O)C[C@@H](OC)[C@H]([C@@H](C)CC)N(C)C(=O)[C@@H](CC(=O)[C@H]1N[C@@H]2CC[C@H]1C2)C(C)C)[C@@H](OC(=O)C(F)(F)F)c1ccccc1. The molecule has 1 aromatic rings. The van der Waals surface area contributed by atoms with E-state index in [0.717, 1.165) is 32.1 Å². The summed E-state index contributed by atoms with van der Waals surface area (Å²) in [7, 11) is 3.30. The molecule has 3 aliphatic rings. The lowest BCUT2D eigenvalue weighted by atomic mass is 9.80. The first-order chi connectivity index (χ1) is 26.8. The van der Waals surface area contributed by atoms with Gasteiger partial charge >= 0.3 is 12.1 Å². The Morgan fingerprint density at radius 1 is 0.982 bits per heavy atom. The van der Waals surface area contributed by atoms with Gasteiger partial charge in [0.05, 0.1) is 38.0 Å². The maximum Gasteiger partial charge on any atom is 0.490 e. The van der Waals surface area contributed by atoms with E-state index in [0.29, 0.717) is 30.5 Å². The Kier molecular flexibility index (Phi) is 16.2. The zero-order valence-corrected chi connectivity index (χ0v) is 35.1. The number of nitrogens with zero attached hydrogens (tertiary/aromatic N) is 2. The van der Waals surface area contributed by atoms with Crippen LogP contribution in [0.25, 0.3) is 0 Å². The molecule has 1 saturated carbocycles. The number of Topliss-reactive ketones (excluding diaryl/α,β-unsaturated/α-hetero) is 2. The Labute approximate surface area is 337 Å². The number of esters is 1. The van der Waals surface area contributed by atoms with Crippen molar-refractivity contribution in [1.82, 2.24) is 15.1 Å². The molecule has 0 spiro atoms. The van der Waals surface area contributed by atoms with Crippen molar-refractivity contribution in [3.05, 3.63) is 42.8 Å². The van der Waals surface area contributed by atoms with Crippen molar-refractivity contribution >= 4 is 29.4 Å². The number of likely N-dealkylation sites (N-methyl/N-ethyl adjacent to an activating group) is 1. The first kappa shape index (κ1) is 46.2. The van der Waals surface area contributed by atoms with Crippen molar-refractivity contribution in [3.63, 3.8) is 0 Å². The molecule has 3 fully saturated rings. The number of ether oxygens (including phenoxy) is 2. The molecular formula is C44H65F3N3O7+. The van der Waals surface area contributed by atoms with Gasteiger partial charge in [0.2, 0.25) is 11.8 Å². The highest BCUT2D eigenvalue weighted by molar-refractivity contribution is 5.90. The molecule has 2 amide bonds. The van der Waals surface area contributed by atoms with E-state index in [9.17, 15) is 37.1 Å². The van der Waals surface area contributed by atoms with E-state index >= 15 is 0 Å². The summed E-state index contributed by atoms with van der Waals surface area (Å²) in [5.41, 5.74) is 0.299. The average molecular weight is 805 g/mol. The number of halogens is 3. The van der Waals surface area contributed by atoms with Gasteiger partial charge in [0.1, 0.15) is 11.7 Å². The summed E-state index contributed by atoms with van der Waals surface area (Å²) in [5, 5.41) is 3.47. The molecule has 10 nitrogen and oxygen atoms in total. The smallest absolute Gasteiger partial charge is 0.446 e. The zero-order chi connectivity index (χ0) is 42.4. The van der Waals surface area contributed by atoms with Gasteiger partial charge in [-0.2, -0.15) is 13.2 Å². The number of piperidine rings is 1. The molecule has 57 heavy (non-hydrogen) atoms. The Bertz CT molecular complexity index is 1540. The fourth-order valence-corrected chi connectivity index (χ4v) is 9.54. The van der Waals surface area contributed by atoms with Crippen molar-refractivity contribution in [2.75, 3.05) is 20.7 Å². The molecule has 2 aliphatic heterocycles. The maximum absolute atomic E-state index is 14.3. The van der Waals surface area contributed by atoms with Gasteiger partial charge in [-0.1, -0.05) is 78.3 Å². The van der Waals surface area contributed by atoms with Crippen LogP contribution in [-0.2, 0) is 33.4 Å². The minimum Gasteiger partial charge on any atom is -0.446 e. The van der Waals surface area contributed by atoms with Gasteiger partial charge in [-0.3, -0.25) is 19.2 Å². The number of rotatable bonds is 20. The van der Waals surface area contributed by atoms with Crippen molar-refractivity contribution in [2.24, 2.45) is 41.4 Å². The molecular weight excluding hydrogens is 739 g/mol. The predicted octanol–water partition coefficient (Wildman–Crippen LogP) is 7.16. The lowest BCUT2D eigenvalue weighted by Crippen LogP contribution is -2.53. The molecule has 0 radical (unpaired) electrons. The second-order valence-electron chi connectivity index (χ2n) is 17.3. The highest BCUT2D eigenvalue weighted by atomic mass is 19.4. The largest absolute Gasteiger partial charge is 0.490 e. The highest BCUT2D eigenvalue weighted by Crippen LogP contribution is 2.38. The third-order valence-electron chi connectivity index (χ3n) is 13.3. The molecule has 2 heterocycles. The number of hydrogen-bond acceptors (Lipinski definition) is 8. The molecule has 13 heteroatoms. The first-order valence-electron chi connectivity index (χ1n) is 20.9. The van der Waals surface area contributed by atoms with Crippen molar-refractivity contribution in [1.29, 1.82) is 0 Å². The van der Waals surface area contributed by atoms with Crippen LogP contribution in [0.4, 0.5) is 13.2 Å². The molecule has 1 N–H and O–H groups in total. The lowest BCUT2D eigenvalue weighted by Gasteiger charge is -2.41. The Hall–Kier alpha value is -3.45. The van der Waals surface area contributed by atoms with Gasteiger partial charge in [-0.05, 0) is 61.3 Å². The van der Waals surface area contributed by atoms with E-state index in [2.05, 4.69) is 12.2 Å². The normalized spacial score (nSPS) is 24.9. The summed E-state index contributed by atoms with van der Waals surface area (Å²) >= 11 is 0. The number of likely N-dealkylation sites (tertiary alicyclic amines) is 1. The van der Waals surface area contributed by atoms with Crippen LogP contribution in [0.2, 0.25) is 0 Å². The number of carbonyl (C=O) groups is 5. The van der Waals surface area contributed by atoms with Crippen LogP contribution in [0.1, 0.15) is 111 Å². The van der Waals surface area contributed by atoms with Crippen molar-refractivity contribution in [2.45, 2.75) is 142 Å². The van der Waals surface area contributed by atoms with Gasteiger partial charge in [-0.25, -0.2) is 4.79 Å². The molecule has 0 aromatic heterocycles.